The second-order valence-electron chi connectivity index (χ2n) is 8.64. The van der Waals surface area contributed by atoms with E-state index in [0.717, 1.165) is 0 Å². The van der Waals surface area contributed by atoms with E-state index >= 15 is 0 Å². The van der Waals surface area contributed by atoms with Crippen LogP contribution in [0.25, 0.3) is 0 Å². The summed E-state index contributed by atoms with van der Waals surface area (Å²) in [6, 6.07) is 8.26. The number of carbonyl (C=O) groups is 3. The van der Waals surface area contributed by atoms with Crippen LogP contribution in [0, 0.1) is 5.82 Å². The fourth-order valence-corrected chi connectivity index (χ4v) is 5.25. The predicted octanol–water partition coefficient (Wildman–Crippen LogP) is 3.25. The topological polar surface area (TPSA) is 82.2 Å². The number of nitrogens with zero attached hydrogens (tertiary/aromatic N) is 3. The number of halogens is 1. The summed E-state index contributed by atoms with van der Waals surface area (Å²) in [5.41, 5.74) is 1.25. The van der Waals surface area contributed by atoms with Crippen molar-refractivity contribution in [3.8, 4) is 0 Å². The Morgan fingerprint density at radius 1 is 1.23 bits per heavy atom. The van der Waals surface area contributed by atoms with Gasteiger partial charge in [-0.1, -0.05) is 18.2 Å². The zero-order chi connectivity index (χ0) is 25.1. The molecule has 0 saturated carbocycles. The lowest BCUT2D eigenvalue weighted by molar-refractivity contribution is -0.139. The van der Waals surface area contributed by atoms with E-state index in [1.807, 2.05) is 29.3 Å². The second kappa shape index (κ2) is 10.6. The van der Waals surface area contributed by atoms with Gasteiger partial charge in [-0.15, -0.1) is 11.3 Å². The first-order valence-corrected chi connectivity index (χ1v) is 12.4. The summed E-state index contributed by atoms with van der Waals surface area (Å²) < 4.78 is 19.3. The summed E-state index contributed by atoms with van der Waals surface area (Å²) in [5, 5.41) is 4.69. The van der Waals surface area contributed by atoms with E-state index in [1.165, 1.54) is 28.4 Å². The van der Waals surface area contributed by atoms with Gasteiger partial charge in [0.05, 0.1) is 23.1 Å². The van der Waals surface area contributed by atoms with Gasteiger partial charge in [0.1, 0.15) is 5.82 Å². The third kappa shape index (κ3) is 5.23. The van der Waals surface area contributed by atoms with Gasteiger partial charge in [-0.2, -0.15) is 0 Å². The molecule has 10 heteroatoms. The quantitative estimate of drug-likeness (QED) is 0.616. The predicted molar refractivity (Wildman–Crippen MR) is 130 cm³/mol. The normalized spacial score (nSPS) is 21.2. The van der Waals surface area contributed by atoms with Gasteiger partial charge in [0.15, 0.2) is 0 Å². The van der Waals surface area contributed by atoms with Crippen LogP contribution >= 0.6 is 11.3 Å². The van der Waals surface area contributed by atoms with E-state index in [-0.39, 0.29) is 30.2 Å². The molecule has 186 valence electrons. The SMILES string of the molecule is CCOC(=O)C1=C(CN2CCN(C(=O)c3cccs3)[C@H](C)C2)N(C)C(=O)N[C@H]1c1cccc(F)c1. The van der Waals surface area contributed by atoms with Gasteiger partial charge >= 0.3 is 12.0 Å². The Morgan fingerprint density at radius 3 is 2.69 bits per heavy atom. The minimum absolute atomic E-state index is 0.0129. The zero-order valence-electron chi connectivity index (χ0n) is 20.0. The van der Waals surface area contributed by atoms with Crippen LogP contribution in [0.2, 0.25) is 0 Å². The third-order valence-corrected chi connectivity index (χ3v) is 7.19. The van der Waals surface area contributed by atoms with Gasteiger partial charge < -0.3 is 15.0 Å². The molecule has 0 unspecified atom stereocenters. The summed E-state index contributed by atoms with van der Waals surface area (Å²) >= 11 is 1.42. The lowest BCUT2D eigenvalue weighted by Crippen LogP contribution is -2.56. The molecule has 0 aliphatic carbocycles. The highest BCUT2D eigenvalue weighted by Crippen LogP contribution is 2.32. The van der Waals surface area contributed by atoms with Crippen molar-refractivity contribution in [3.05, 3.63) is 69.3 Å². The molecule has 35 heavy (non-hydrogen) atoms. The minimum atomic E-state index is -0.831. The molecule has 8 nitrogen and oxygen atoms in total. The van der Waals surface area contributed by atoms with Crippen molar-refractivity contribution in [1.29, 1.82) is 0 Å². The van der Waals surface area contributed by atoms with Crippen LogP contribution in [0.5, 0.6) is 0 Å². The number of nitrogens with one attached hydrogen (secondary N) is 1. The molecule has 3 amide bonds. The Labute approximate surface area is 207 Å². The summed E-state index contributed by atoms with van der Waals surface area (Å²) in [5.74, 6) is -0.997. The molecule has 1 aromatic heterocycles. The fourth-order valence-electron chi connectivity index (χ4n) is 4.57. The standard InChI is InChI=1S/C25H29FN4O4S/c1-4-34-24(32)21-19(28(3)25(33)27-22(21)17-7-5-8-18(26)13-17)15-29-10-11-30(16(2)14-29)23(31)20-9-6-12-35-20/h5-9,12-13,16,22H,4,10-11,14-15H2,1-3H3,(H,27,33)/t16-,22+/m1/s1. The largest absolute Gasteiger partial charge is 0.463 e. The maximum atomic E-state index is 14.0. The Kier molecular flexibility index (Phi) is 7.51. The Bertz CT molecular complexity index is 1140. The highest BCUT2D eigenvalue weighted by Gasteiger charge is 2.38. The summed E-state index contributed by atoms with van der Waals surface area (Å²) in [6.45, 7) is 5.89. The van der Waals surface area contributed by atoms with Crippen LogP contribution in [0.4, 0.5) is 9.18 Å². The number of urea groups is 1. The third-order valence-electron chi connectivity index (χ3n) is 6.33. The van der Waals surface area contributed by atoms with E-state index in [9.17, 15) is 18.8 Å². The van der Waals surface area contributed by atoms with Crippen molar-refractivity contribution < 1.29 is 23.5 Å². The molecule has 4 rings (SSSR count). The van der Waals surface area contributed by atoms with Gasteiger partial charge in [-0.05, 0) is 43.0 Å². The molecule has 0 radical (unpaired) electrons. The Morgan fingerprint density at radius 2 is 2.03 bits per heavy atom. The van der Waals surface area contributed by atoms with Gasteiger partial charge in [0, 0.05) is 45.0 Å². The average molecular weight is 501 g/mol. The zero-order valence-corrected chi connectivity index (χ0v) is 20.8. The maximum Gasteiger partial charge on any atom is 0.338 e. The lowest BCUT2D eigenvalue weighted by atomic mass is 9.94. The van der Waals surface area contributed by atoms with Crippen LogP contribution in [0.1, 0.15) is 35.1 Å². The molecule has 2 aliphatic heterocycles. The van der Waals surface area contributed by atoms with Crippen molar-refractivity contribution in [3.63, 3.8) is 0 Å². The number of thiophene rings is 1. The number of ether oxygens (including phenoxy) is 1. The smallest absolute Gasteiger partial charge is 0.338 e. The molecule has 1 fully saturated rings. The average Bonchev–Trinajstić information content (AvgIpc) is 3.37. The first kappa shape index (κ1) is 24.9. The second-order valence-corrected chi connectivity index (χ2v) is 9.59. The van der Waals surface area contributed by atoms with E-state index in [1.54, 1.807) is 26.1 Å². The summed E-state index contributed by atoms with van der Waals surface area (Å²) in [4.78, 5) is 44.9. The number of piperazine rings is 1. The van der Waals surface area contributed by atoms with E-state index in [0.29, 0.717) is 42.3 Å². The number of benzene rings is 1. The van der Waals surface area contributed by atoms with Crippen LogP contribution in [-0.4, -0.2) is 78.5 Å². The van der Waals surface area contributed by atoms with Crippen LogP contribution in [0.3, 0.4) is 0 Å². The molecular weight excluding hydrogens is 471 g/mol. The Balaban J connectivity index is 1.62. The number of carbonyl (C=O) groups excluding carboxylic acids is 3. The highest BCUT2D eigenvalue weighted by molar-refractivity contribution is 7.12. The van der Waals surface area contributed by atoms with Crippen LogP contribution < -0.4 is 5.32 Å². The summed E-state index contributed by atoms with van der Waals surface area (Å²) in [7, 11) is 1.60. The fraction of sp³-hybridized carbons (Fsp3) is 0.400. The Hall–Kier alpha value is -3.24. The van der Waals surface area contributed by atoms with E-state index in [2.05, 4.69) is 10.2 Å². The minimum Gasteiger partial charge on any atom is -0.463 e. The van der Waals surface area contributed by atoms with Gasteiger partial charge in [0.2, 0.25) is 0 Å². The monoisotopic (exact) mass is 500 g/mol. The van der Waals surface area contributed by atoms with E-state index in [4.69, 9.17) is 4.74 Å². The summed E-state index contributed by atoms with van der Waals surface area (Å²) in [6.07, 6.45) is 0. The van der Waals surface area contributed by atoms with Gasteiger partial charge in [-0.3, -0.25) is 14.6 Å². The van der Waals surface area contributed by atoms with Crippen molar-refractivity contribution in [2.45, 2.75) is 25.9 Å². The molecule has 1 N–H and O–H groups in total. The van der Waals surface area contributed by atoms with Gasteiger partial charge in [0.25, 0.3) is 5.91 Å². The van der Waals surface area contributed by atoms with Crippen molar-refractivity contribution in [2.75, 3.05) is 39.8 Å². The first-order valence-electron chi connectivity index (χ1n) is 11.6. The number of hydrogen-bond donors (Lipinski definition) is 1. The molecular formula is C25H29FN4O4S. The van der Waals surface area contributed by atoms with Gasteiger partial charge in [-0.25, -0.2) is 14.0 Å². The number of likely N-dealkylation sites (N-methyl/N-ethyl adjacent to an activating group) is 1. The molecule has 0 bridgehead atoms. The molecule has 2 aromatic rings. The van der Waals surface area contributed by atoms with Crippen LogP contribution in [-0.2, 0) is 9.53 Å². The molecule has 0 spiro atoms. The molecule has 3 heterocycles. The van der Waals surface area contributed by atoms with Crippen molar-refractivity contribution in [2.24, 2.45) is 0 Å². The highest BCUT2D eigenvalue weighted by atomic mass is 32.1. The molecule has 2 aliphatic rings. The van der Waals surface area contributed by atoms with Crippen LogP contribution in [0.15, 0.2) is 53.0 Å². The van der Waals surface area contributed by atoms with Crippen molar-refractivity contribution >= 4 is 29.2 Å². The number of amides is 3. The number of hydrogen-bond acceptors (Lipinski definition) is 6. The molecule has 1 aromatic carbocycles. The molecule has 2 atom stereocenters. The number of rotatable bonds is 6. The molecule has 1 saturated heterocycles. The van der Waals surface area contributed by atoms with E-state index < -0.39 is 17.8 Å². The maximum absolute atomic E-state index is 14.0. The van der Waals surface area contributed by atoms with Crippen molar-refractivity contribution in [1.82, 2.24) is 20.0 Å². The first-order chi connectivity index (χ1) is 16.8. The number of esters is 1. The lowest BCUT2D eigenvalue weighted by Gasteiger charge is -2.42.